The molecule has 0 unspecified atom stereocenters. The Morgan fingerprint density at radius 2 is 1.32 bits per heavy atom. The van der Waals surface area contributed by atoms with Crippen LogP contribution in [0.25, 0.3) is 0 Å². The normalized spacial score (nSPS) is 19.2. The molecule has 0 spiro atoms. The SMILES string of the molecule is CC.Cc1ccc(Cc2ccc(C#CC3CCC(C)CC3)cc2)cc1. The minimum atomic E-state index is 0.610. The Balaban J connectivity index is 0.00000109. The molecular weight excluding hydrogens is 300 g/mol. The molecule has 3 rings (SSSR count). The minimum absolute atomic E-state index is 0.610. The zero-order valence-electron chi connectivity index (χ0n) is 16.3. The molecule has 1 saturated carbocycles. The highest BCUT2D eigenvalue weighted by atomic mass is 14.2. The molecule has 2 aromatic rings. The van der Waals surface area contributed by atoms with Gasteiger partial charge in [-0.1, -0.05) is 74.6 Å². The van der Waals surface area contributed by atoms with E-state index in [0.717, 1.165) is 17.9 Å². The molecule has 0 aromatic heterocycles. The van der Waals surface area contributed by atoms with Crippen molar-refractivity contribution in [2.24, 2.45) is 11.8 Å². The van der Waals surface area contributed by atoms with E-state index in [4.69, 9.17) is 0 Å². The topological polar surface area (TPSA) is 0 Å². The van der Waals surface area contributed by atoms with Crippen molar-refractivity contribution in [3.8, 4) is 11.8 Å². The lowest BCUT2D eigenvalue weighted by molar-refractivity contribution is 0.337. The summed E-state index contributed by atoms with van der Waals surface area (Å²) in [6.45, 7) is 8.49. The second-order valence-electron chi connectivity index (χ2n) is 7.09. The lowest BCUT2D eigenvalue weighted by atomic mass is 9.83. The van der Waals surface area contributed by atoms with Gasteiger partial charge in [-0.15, -0.1) is 0 Å². The van der Waals surface area contributed by atoms with E-state index in [0.29, 0.717) is 5.92 Å². The van der Waals surface area contributed by atoms with Crippen LogP contribution in [-0.4, -0.2) is 0 Å². The van der Waals surface area contributed by atoms with Crippen molar-refractivity contribution < 1.29 is 0 Å². The zero-order valence-corrected chi connectivity index (χ0v) is 16.3. The standard InChI is InChI=1S/C23H26.C2H6/c1-18-3-7-20(8-4-18)11-12-21-13-15-23(16-14-21)17-22-9-5-19(2)6-10-22;1-2/h5-6,9-10,13-16,18,20H,3-4,7-8,17H2,1-2H3;1-2H3. The van der Waals surface area contributed by atoms with Crippen molar-refractivity contribution in [3.63, 3.8) is 0 Å². The van der Waals surface area contributed by atoms with E-state index in [9.17, 15) is 0 Å². The summed E-state index contributed by atoms with van der Waals surface area (Å²) in [6.07, 6.45) is 6.23. The Labute approximate surface area is 154 Å². The maximum absolute atomic E-state index is 3.48. The van der Waals surface area contributed by atoms with Gasteiger partial charge < -0.3 is 0 Å². The highest BCUT2D eigenvalue weighted by molar-refractivity contribution is 5.38. The molecule has 0 atom stereocenters. The number of hydrogen-bond acceptors (Lipinski definition) is 0. The summed E-state index contributed by atoms with van der Waals surface area (Å²) in [5, 5.41) is 0. The van der Waals surface area contributed by atoms with Crippen molar-refractivity contribution >= 4 is 0 Å². The Morgan fingerprint density at radius 3 is 1.88 bits per heavy atom. The molecule has 0 aliphatic heterocycles. The third-order valence-electron chi connectivity index (χ3n) is 4.92. The van der Waals surface area contributed by atoms with E-state index in [2.05, 4.69) is 74.2 Å². The van der Waals surface area contributed by atoms with Crippen molar-refractivity contribution in [1.82, 2.24) is 0 Å². The predicted octanol–water partition coefficient (Wildman–Crippen LogP) is 6.79. The molecule has 0 saturated heterocycles. The highest BCUT2D eigenvalue weighted by Crippen LogP contribution is 2.27. The lowest BCUT2D eigenvalue weighted by Gasteiger charge is -2.21. The van der Waals surface area contributed by atoms with E-state index in [1.807, 2.05) is 13.8 Å². The lowest BCUT2D eigenvalue weighted by Crippen LogP contribution is -2.10. The quantitative estimate of drug-likeness (QED) is 0.531. The molecule has 0 nitrogen and oxygen atoms in total. The smallest absolute Gasteiger partial charge is 0.0245 e. The van der Waals surface area contributed by atoms with Crippen LogP contribution in [0, 0.1) is 30.6 Å². The molecule has 25 heavy (non-hydrogen) atoms. The average molecular weight is 333 g/mol. The van der Waals surface area contributed by atoms with Crippen molar-refractivity contribution in [3.05, 3.63) is 70.8 Å². The summed E-state index contributed by atoms with van der Waals surface area (Å²) in [4.78, 5) is 0. The number of aryl methyl sites for hydroxylation is 1. The third-order valence-corrected chi connectivity index (χ3v) is 4.92. The van der Waals surface area contributed by atoms with Gasteiger partial charge >= 0.3 is 0 Å². The molecule has 132 valence electrons. The monoisotopic (exact) mass is 332 g/mol. The predicted molar refractivity (Wildman–Crippen MR) is 110 cm³/mol. The summed E-state index contributed by atoms with van der Waals surface area (Å²) in [7, 11) is 0. The Hall–Kier alpha value is -2.00. The van der Waals surface area contributed by atoms with Gasteiger partial charge in [0.05, 0.1) is 0 Å². The van der Waals surface area contributed by atoms with Crippen molar-refractivity contribution in [1.29, 1.82) is 0 Å². The van der Waals surface area contributed by atoms with Crippen LogP contribution in [0.15, 0.2) is 48.5 Å². The average Bonchev–Trinajstić information content (AvgIpc) is 2.66. The van der Waals surface area contributed by atoms with Gasteiger partial charge in [-0.3, -0.25) is 0 Å². The van der Waals surface area contributed by atoms with Crippen LogP contribution in [0.3, 0.4) is 0 Å². The molecule has 0 bridgehead atoms. The summed E-state index contributed by atoms with van der Waals surface area (Å²) in [5.74, 6) is 8.37. The first-order chi connectivity index (χ1) is 12.2. The summed E-state index contributed by atoms with van der Waals surface area (Å²) >= 11 is 0. The molecule has 1 aliphatic rings. The number of benzene rings is 2. The van der Waals surface area contributed by atoms with E-state index < -0.39 is 0 Å². The Bertz CT molecular complexity index is 672. The second-order valence-corrected chi connectivity index (χ2v) is 7.09. The van der Waals surface area contributed by atoms with E-state index in [-0.39, 0.29) is 0 Å². The largest absolute Gasteiger partial charge is 0.0945 e. The van der Waals surface area contributed by atoms with Gasteiger partial charge in [0.1, 0.15) is 0 Å². The fourth-order valence-corrected chi connectivity index (χ4v) is 3.24. The van der Waals surface area contributed by atoms with Gasteiger partial charge in [0, 0.05) is 11.5 Å². The maximum atomic E-state index is 3.48. The third kappa shape index (κ3) is 6.43. The number of hydrogen-bond donors (Lipinski definition) is 0. The first kappa shape index (κ1) is 19.3. The molecule has 0 N–H and O–H groups in total. The van der Waals surface area contributed by atoms with Crippen LogP contribution in [0.2, 0.25) is 0 Å². The van der Waals surface area contributed by atoms with Crippen LogP contribution in [0.4, 0.5) is 0 Å². The molecular formula is C25H32. The zero-order chi connectivity index (χ0) is 18.1. The van der Waals surface area contributed by atoms with Crippen molar-refractivity contribution in [2.45, 2.75) is 59.8 Å². The van der Waals surface area contributed by atoms with Crippen LogP contribution >= 0.6 is 0 Å². The molecule has 1 fully saturated rings. The van der Waals surface area contributed by atoms with Gasteiger partial charge in [-0.2, -0.15) is 0 Å². The van der Waals surface area contributed by atoms with Gasteiger partial charge in [0.15, 0.2) is 0 Å². The van der Waals surface area contributed by atoms with Crippen LogP contribution in [-0.2, 0) is 6.42 Å². The summed E-state index contributed by atoms with van der Waals surface area (Å²) in [5.41, 5.74) is 5.18. The first-order valence-corrected chi connectivity index (χ1v) is 9.85. The highest BCUT2D eigenvalue weighted by Gasteiger charge is 2.15. The summed E-state index contributed by atoms with van der Waals surface area (Å²) in [6, 6.07) is 17.6. The second kappa shape index (κ2) is 10.1. The first-order valence-electron chi connectivity index (χ1n) is 9.85. The van der Waals surface area contributed by atoms with E-state index in [1.54, 1.807) is 0 Å². The molecule has 1 aliphatic carbocycles. The molecule has 0 heteroatoms. The molecule has 0 heterocycles. The fourth-order valence-electron chi connectivity index (χ4n) is 3.24. The fraction of sp³-hybridized carbons (Fsp3) is 0.440. The minimum Gasteiger partial charge on any atom is -0.0945 e. The van der Waals surface area contributed by atoms with Crippen LogP contribution in [0.5, 0.6) is 0 Å². The van der Waals surface area contributed by atoms with Crippen LogP contribution < -0.4 is 0 Å². The Kier molecular flexibility index (Phi) is 7.80. The number of rotatable bonds is 2. The van der Waals surface area contributed by atoms with Crippen molar-refractivity contribution in [2.75, 3.05) is 0 Å². The molecule has 0 radical (unpaired) electrons. The molecule has 0 amide bonds. The van der Waals surface area contributed by atoms with E-state index in [1.165, 1.54) is 42.4 Å². The molecule has 2 aromatic carbocycles. The summed E-state index contributed by atoms with van der Waals surface area (Å²) < 4.78 is 0. The van der Waals surface area contributed by atoms with E-state index >= 15 is 0 Å². The van der Waals surface area contributed by atoms with Gasteiger partial charge in [-0.05, 0) is 68.2 Å². The Morgan fingerprint density at radius 1 is 0.800 bits per heavy atom. The van der Waals surface area contributed by atoms with Gasteiger partial charge in [-0.25, -0.2) is 0 Å². The maximum Gasteiger partial charge on any atom is 0.0245 e. The van der Waals surface area contributed by atoms with Gasteiger partial charge in [0.25, 0.3) is 0 Å². The van der Waals surface area contributed by atoms with Gasteiger partial charge in [0.2, 0.25) is 0 Å². The van der Waals surface area contributed by atoms with Crippen LogP contribution in [0.1, 0.15) is 68.7 Å².